The van der Waals surface area contributed by atoms with Gasteiger partial charge in [-0.1, -0.05) is 32.9 Å². The molecule has 1 aromatic carbocycles. The molecule has 0 radical (unpaired) electrons. The van der Waals surface area contributed by atoms with Gasteiger partial charge >= 0.3 is 0 Å². The van der Waals surface area contributed by atoms with Crippen molar-refractivity contribution >= 4 is 0 Å². The minimum absolute atomic E-state index is 0.0271. The molecule has 1 rings (SSSR count). The zero-order chi connectivity index (χ0) is 14.8. The fraction of sp³-hybridized carbons (Fsp3) is 0.625. The van der Waals surface area contributed by atoms with E-state index in [1.807, 2.05) is 26.0 Å². The first kappa shape index (κ1) is 16.0. The number of nitrogens with two attached hydrogens (primary N) is 2. The summed E-state index contributed by atoms with van der Waals surface area (Å²) in [6.45, 7) is 10.5. The predicted molar refractivity (Wildman–Crippen MR) is 81.5 cm³/mol. The van der Waals surface area contributed by atoms with Crippen LogP contribution in [0.25, 0.3) is 0 Å². The number of benzene rings is 1. The number of hydrogen-bond acceptors (Lipinski definition) is 3. The topological polar surface area (TPSA) is 61.3 Å². The maximum atomic E-state index is 6.26. The Kier molecular flexibility index (Phi) is 4.64. The smallest absolute Gasteiger partial charge is 0.122 e. The first-order valence-corrected chi connectivity index (χ1v) is 6.77. The zero-order valence-corrected chi connectivity index (χ0v) is 13.1. The van der Waals surface area contributed by atoms with E-state index >= 15 is 0 Å². The quantitative estimate of drug-likeness (QED) is 0.878. The van der Waals surface area contributed by atoms with E-state index in [0.717, 1.165) is 17.7 Å². The van der Waals surface area contributed by atoms with Gasteiger partial charge in [-0.05, 0) is 42.9 Å². The standard InChI is InChI=1S/C16H28N2O/c1-15(2,3)12-9-11(7-8-14(12)19-6)13(17)10-16(4,5)18/h7-9,13H,10,17-18H2,1-6H3. The second kappa shape index (κ2) is 5.51. The van der Waals surface area contributed by atoms with Crippen LogP contribution in [-0.4, -0.2) is 12.6 Å². The third kappa shape index (κ3) is 4.51. The molecule has 108 valence electrons. The summed E-state index contributed by atoms with van der Waals surface area (Å²) in [7, 11) is 1.70. The van der Waals surface area contributed by atoms with Gasteiger partial charge in [0.2, 0.25) is 0 Å². The summed E-state index contributed by atoms with van der Waals surface area (Å²) in [6, 6.07) is 6.13. The minimum atomic E-state index is -0.263. The highest BCUT2D eigenvalue weighted by molar-refractivity contribution is 5.42. The molecule has 4 N–H and O–H groups in total. The molecule has 0 heterocycles. The maximum Gasteiger partial charge on any atom is 0.122 e. The average molecular weight is 264 g/mol. The minimum Gasteiger partial charge on any atom is -0.496 e. The molecule has 3 nitrogen and oxygen atoms in total. The molecule has 0 amide bonds. The molecule has 0 aliphatic rings. The van der Waals surface area contributed by atoms with Crippen molar-refractivity contribution in [1.82, 2.24) is 0 Å². The Hall–Kier alpha value is -1.06. The van der Waals surface area contributed by atoms with Crippen molar-refractivity contribution in [2.75, 3.05) is 7.11 Å². The first-order chi connectivity index (χ1) is 8.54. The third-order valence-corrected chi connectivity index (χ3v) is 3.21. The summed E-state index contributed by atoms with van der Waals surface area (Å²) in [5.41, 5.74) is 14.4. The summed E-state index contributed by atoms with van der Waals surface area (Å²) in [5, 5.41) is 0. The lowest BCUT2D eigenvalue weighted by Gasteiger charge is -2.27. The predicted octanol–water partition coefficient (Wildman–Crippen LogP) is 3.12. The molecule has 19 heavy (non-hydrogen) atoms. The van der Waals surface area contributed by atoms with Crippen molar-refractivity contribution in [1.29, 1.82) is 0 Å². The van der Waals surface area contributed by atoms with Gasteiger partial charge in [-0.25, -0.2) is 0 Å². The van der Waals surface area contributed by atoms with Crippen molar-refractivity contribution in [2.24, 2.45) is 11.5 Å². The van der Waals surface area contributed by atoms with Crippen LogP contribution in [-0.2, 0) is 5.41 Å². The number of ether oxygens (including phenoxy) is 1. The second-order valence-corrected chi connectivity index (χ2v) is 7.01. The van der Waals surface area contributed by atoms with Crippen molar-refractivity contribution in [3.8, 4) is 5.75 Å². The lowest BCUT2D eigenvalue weighted by atomic mass is 9.83. The van der Waals surface area contributed by atoms with Crippen molar-refractivity contribution < 1.29 is 4.74 Å². The molecule has 0 aromatic heterocycles. The summed E-state index contributed by atoms with van der Waals surface area (Å²) >= 11 is 0. The number of hydrogen-bond donors (Lipinski definition) is 2. The highest BCUT2D eigenvalue weighted by atomic mass is 16.5. The molecule has 0 spiro atoms. The molecule has 0 aliphatic carbocycles. The Morgan fingerprint density at radius 2 is 1.74 bits per heavy atom. The molecule has 3 heteroatoms. The van der Waals surface area contributed by atoms with Crippen LogP contribution in [0.3, 0.4) is 0 Å². The fourth-order valence-corrected chi connectivity index (χ4v) is 2.23. The van der Waals surface area contributed by atoms with E-state index in [1.54, 1.807) is 7.11 Å². The van der Waals surface area contributed by atoms with Crippen LogP contribution >= 0.6 is 0 Å². The van der Waals surface area contributed by atoms with Gasteiger partial charge in [0.05, 0.1) is 7.11 Å². The molecule has 1 aromatic rings. The molecule has 1 unspecified atom stereocenters. The molecule has 0 saturated carbocycles. The summed E-state index contributed by atoms with van der Waals surface area (Å²) in [4.78, 5) is 0. The van der Waals surface area contributed by atoms with Crippen LogP contribution in [0.4, 0.5) is 0 Å². The molecule has 0 aliphatic heterocycles. The lowest BCUT2D eigenvalue weighted by Crippen LogP contribution is -2.36. The van der Waals surface area contributed by atoms with E-state index in [4.69, 9.17) is 16.2 Å². The van der Waals surface area contributed by atoms with E-state index in [9.17, 15) is 0 Å². The van der Waals surface area contributed by atoms with Gasteiger partial charge in [0.1, 0.15) is 5.75 Å². The van der Waals surface area contributed by atoms with Crippen LogP contribution in [0.5, 0.6) is 5.75 Å². The number of rotatable bonds is 4. The molecular weight excluding hydrogens is 236 g/mol. The SMILES string of the molecule is COc1ccc(C(N)CC(C)(C)N)cc1C(C)(C)C. The fourth-order valence-electron chi connectivity index (χ4n) is 2.23. The highest BCUT2D eigenvalue weighted by Crippen LogP contribution is 2.34. The Morgan fingerprint density at radius 1 is 1.16 bits per heavy atom. The summed E-state index contributed by atoms with van der Waals surface area (Å²) in [5.74, 6) is 0.912. The van der Waals surface area contributed by atoms with E-state index in [2.05, 4.69) is 26.8 Å². The molecule has 0 bridgehead atoms. The van der Waals surface area contributed by atoms with E-state index in [-0.39, 0.29) is 17.0 Å². The van der Waals surface area contributed by atoms with Gasteiger partial charge < -0.3 is 16.2 Å². The van der Waals surface area contributed by atoms with Crippen LogP contribution in [0.1, 0.15) is 58.2 Å². The average Bonchev–Trinajstić information content (AvgIpc) is 2.24. The van der Waals surface area contributed by atoms with Gasteiger partial charge in [0.25, 0.3) is 0 Å². The van der Waals surface area contributed by atoms with Crippen LogP contribution in [0, 0.1) is 0 Å². The Balaban J connectivity index is 3.12. The molecular formula is C16H28N2O. The monoisotopic (exact) mass is 264 g/mol. The maximum absolute atomic E-state index is 6.26. The van der Waals surface area contributed by atoms with Crippen molar-refractivity contribution in [2.45, 2.75) is 58.0 Å². The molecule has 0 saturated heterocycles. The second-order valence-electron chi connectivity index (χ2n) is 7.01. The van der Waals surface area contributed by atoms with Crippen LogP contribution < -0.4 is 16.2 Å². The van der Waals surface area contributed by atoms with E-state index in [0.29, 0.717) is 0 Å². The van der Waals surface area contributed by atoms with Crippen LogP contribution in [0.15, 0.2) is 18.2 Å². The number of methoxy groups -OCH3 is 1. The van der Waals surface area contributed by atoms with Gasteiger partial charge in [-0.15, -0.1) is 0 Å². The summed E-state index contributed by atoms with van der Waals surface area (Å²) in [6.07, 6.45) is 0.753. The Labute approximate surface area is 117 Å². The zero-order valence-electron chi connectivity index (χ0n) is 13.1. The molecule has 0 fully saturated rings. The van der Waals surface area contributed by atoms with E-state index < -0.39 is 0 Å². The van der Waals surface area contributed by atoms with E-state index in [1.165, 1.54) is 5.56 Å². The lowest BCUT2D eigenvalue weighted by molar-refractivity contribution is 0.395. The van der Waals surface area contributed by atoms with Gasteiger partial charge in [0, 0.05) is 11.6 Å². The largest absolute Gasteiger partial charge is 0.496 e. The van der Waals surface area contributed by atoms with Crippen molar-refractivity contribution in [3.05, 3.63) is 29.3 Å². The normalized spacial score (nSPS) is 14.3. The third-order valence-electron chi connectivity index (χ3n) is 3.21. The van der Waals surface area contributed by atoms with Crippen LogP contribution in [0.2, 0.25) is 0 Å². The van der Waals surface area contributed by atoms with Gasteiger partial charge in [-0.3, -0.25) is 0 Å². The molecule has 1 atom stereocenters. The van der Waals surface area contributed by atoms with Gasteiger partial charge in [-0.2, -0.15) is 0 Å². The first-order valence-electron chi connectivity index (χ1n) is 6.77. The highest BCUT2D eigenvalue weighted by Gasteiger charge is 2.22. The Bertz CT molecular complexity index is 427. The van der Waals surface area contributed by atoms with Gasteiger partial charge in [0.15, 0.2) is 0 Å². The van der Waals surface area contributed by atoms with Crippen molar-refractivity contribution in [3.63, 3.8) is 0 Å². The Morgan fingerprint density at radius 3 is 2.16 bits per heavy atom. The summed E-state index contributed by atoms with van der Waals surface area (Å²) < 4.78 is 5.44.